The van der Waals surface area contributed by atoms with E-state index < -0.39 is 17.7 Å². The van der Waals surface area contributed by atoms with Crippen LogP contribution in [0.25, 0.3) is 33.8 Å². The zero-order valence-corrected chi connectivity index (χ0v) is 54.5. The highest BCUT2D eigenvalue weighted by molar-refractivity contribution is 6.05. The first-order valence-corrected chi connectivity index (χ1v) is 31.8. The predicted molar refractivity (Wildman–Crippen MR) is 366 cm³/mol. The first-order valence-electron chi connectivity index (χ1n) is 31.8. The minimum atomic E-state index is -0.620. The van der Waals surface area contributed by atoms with Gasteiger partial charge in [-0.05, 0) is 112 Å². The average molecular weight is 1300 g/mol. The first-order chi connectivity index (χ1) is 46.1. The zero-order valence-electron chi connectivity index (χ0n) is 54.5. The molecule has 6 atom stereocenters. The molecule has 24 nitrogen and oxygen atoms in total. The van der Waals surface area contributed by atoms with E-state index in [1.54, 1.807) is 32.2 Å². The van der Waals surface area contributed by atoms with Crippen LogP contribution in [0.3, 0.4) is 0 Å². The molecule has 6 aromatic carbocycles. The lowest BCUT2D eigenvalue weighted by Crippen LogP contribution is -2.23. The fraction of sp³-hybridized carbons (Fsp3) is 0.292. The van der Waals surface area contributed by atoms with Gasteiger partial charge in [0, 0.05) is 72.8 Å². The molecule has 0 unspecified atom stereocenters. The zero-order chi connectivity index (χ0) is 68.5. The van der Waals surface area contributed by atoms with E-state index in [9.17, 15) is 28.8 Å². The summed E-state index contributed by atoms with van der Waals surface area (Å²) in [7, 11) is 0. The highest BCUT2D eigenvalue weighted by atomic mass is 16.5. The number of nitrogens with one attached hydrogen (secondary N) is 3. The number of nitrogens with two attached hydrogens (primary N) is 6. The summed E-state index contributed by atoms with van der Waals surface area (Å²) in [5, 5.41) is 22.7. The number of hydrogen-bond donors (Lipinski definition) is 9. The molecule has 3 aromatic heterocycles. The van der Waals surface area contributed by atoms with Gasteiger partial charge in [0.15, 0.2) is 0 Å². The maximum atomic E-state index is 12.4. The summed E-state index contributed by atoms with van der Waals surface area (Å²) in [5.41, 5.74) is 47.3. The summed E-state index contributed by atoms with van der Waals surface area (Å²) < 4.78 is 21.8. The van der Waals surface area contributed by atoms with Crippen molar-refractivity contribution in [2.45, 2.75) is 117 Å². The van der Waals surface area contributed by atoms with E-state index in [0.29, 0.717) is 73.2 Å². The van der Waals surface area contributed by atoms with Crippen LogP contribution in [0.4, 0.5) is 17.5 Å². The molecular formula is C72H81N15O9. The Labute approximate surface area is 556 Å². The Balaban J connectivity index is 0.000000157. The van der Waals surface area contributed by atoms with Gasteiger partial charge in [-0.25, -0.2) is 14.0 Å². The first kappa shape index (κ1) is 67.9. The van der Waals surface area contributed by atoms with Gasteiger partial charge in [-0.1, -0.05) is 127 Å². The molecule has 0 spiro atoms. The molecule has 9 aromatic rings. The largest absolute Gasteiger partial charge is 0.383 e. The number of nitrogens with zero attached hydrogens (tertiary/aromatic N) is 6. The molecule has 6 amide bonds. The molecule has 0 saturated carbocycles. The number of rotatable bonds is 18. The fourth-order valence-corrected chi connectivity index (χ4v) is 12.2. The lowest BCUT2D eigenvalue weighted by Gasteiger charge is -2.16. The highest BCUT2D eigenvalue weighted by Crippen LogP contribution is 2.37. The minimum absolute atomic E-state index is 0.0437. The molecule has 0 aliphatic carbocycles. The second kappa shape index (κ2) is 30.0. The maximum Gasteiger partial charge on any atom is 0.254 e. The summed E-state index contributed by atoms with van der Waals surface area (Å²) in [4.78, 5) is 73.7. The lowest BCUT2D eigenvalue weighted by atomic mass is 10.0. The molecule has 6 heterocycles. The van der Waals surface area contributed by atoms with Crippen molar-refractivity contribution in [3.63, 3.8) is 0 Å². The van der Waals surface area contributed by atoms with Crippen molar-refractivity contribution in [2.75, 3.05) is 37.0 Å². The number of aromatic nitrogens is 6. The van der Waals surface area contributed by atoms with Crippen LogP contribution in [0.2, 0.25) is 0 Å². The van der Waals surface area contributed by atoms with Gasteiger partial charge in [0.05, 0.1) is 36.4 Å². The van der Waals surface area contributed by atoms with Crippen LogP contribution in [0.5, 0.6) is 0 Å². The van der Waals surface area contributed by atoms with Crippen molar-refractivity contribution < 1.29 is 43.0 Å². The third-order valence-corrected chi connectivity index (χ3v) is 17.7. The number of ether oxygens (including phenoxy) is 3. The molecule has 498 valence electrons. The van der Waals surface area contributed by atoms with Crippen LogP contribution in [-0.4, -0.2) is 103 Å². The standard InChI is InChI=1S/3C24H27N5O3/c3*1-14-5-3-4-6-18(14)24(31)27-13-16-7-9-17(10-8-16)21-20(23(26)30)22(25)29(28-21)19-11-12-32-15(19)2/h3*3-10,15,19H,11-13,25H2,1-2H3,(H2,26,30)(H,27,31)/t2*15-,19+;15-,19-/m101/s1. The van der Waals surface area contributed by atoms with Crippen molar-refractivity contribution in [1.29, 1.82) is 0 Å². The van der Waals surface area contributed by atoms with Gasteiger partial charge in [0.2, 0.25) is 0 Å². The predicted octanol–water partition coefficient (Wildman–Crippen LogP) is 8.46. The third-order valence-electron chi connectivity index (χ3n) is 17.7. The molecule has 3 aliphatic rings. The maximum absolute atomic E-state index is 12.4. The summed E-state index contributed by atoms with van der Waals surface area (Å²) in [5.74, 6) is -1.47. The summed E-state index contributed by atoms with van der Waals surface area (Å²) in [6.07, 6.45) is 2.15. The van der Waals surface area contributed by atoms with Crippen molar-refractivity contribution in [2.24, 2.45) is 17.2 Å². The van der Waals surface area contributed by atoms with Crippen molar-refractivity contribution >= 4 is 52.9 Å². The Bertz CT molecular complexity index is 3890. The number of hydrogen-bond acceptors (Lipinski definition) is 15. The second-order valence-electron chi connectivity index (χ2n) is 24.1. The van der Waals surface area contributed by atoms with Crippen LogP contribution in [-0.2, 0) is 33.8 Å². The Morgan fingerprint density at radius 3 is 0.844 bits per heavy atom. The van der Waals surface area contributed by atoms with Gasteiger partial charge in [-0.15, -0.1) is 0 Å². The highest BCUT2D eigenvalue weighted by Gasteiger charge is 2.35. The Morgan fingerprint density at radius 1 is 0.396 bits per heavy atom. The summed E-state index contributed by atoms with van der Waals surface area (Å²) in [6.45, 7) is 14.6. The fourth-order valence-electron chi connectivity index (χ4n) is 12.2. The topological polar surface area (TPSA) is 376 Å². The molecule has 96 heavy (non-hydrogen) atoms. The number of anilines is 3. The molecule has 12 rings (SSSR count). The molecule has 15 N–H and O–H groups in total. The number of carbonyl (C=O) groups excluding carboxylic acids is 6. The van der Waals surface area contributed by atoms with Gasteiger partial charge in [0.25, 0.3) is 35.4 Å². The van der Waals surface area contributed by atoms with E-state index in [4.69, 9.17) is 48.6 Å². The lowest BCUT2D eigenvalue weighted by molar-refractivity contribution is 0.0942. The molecule has 0 radical (unpaired) electrons. The number of aryl methyl sites for hydroxylation is 3. The average Bonchev–Trinajstić information content (AvgIpc) is 1.64. The van der Waals surface area contributed by atoms with Crippen molar-refractivity contribution in [3.05, 3.63) is 212 Å². The van der Waals surface area contributed by atoms with Gasteiger partial charge in [-0.3, -0.25) is 28.8 Å². The van der Waals surface area contributed by atoms with Gasteiger partial charge < -0.3 is 64.6 Å². The second-order valence-corrected chi connectivity index (χ2v) is 24.1. The number of benzene rings is 6. The van der Waals surface area contributed by atoms with Crippen molar-refractivity contribution in [1.82, 2.24) is 45.3 Å². The van der Waals surface area contributed by atoms with E-state index in [0.717, 1.165) is 69.3 Å². The van der Waals surface area contributed by atoms with E-state index in [1.165, 1.54) is 0 Å². The summed E-state index contributed by atoms with van der Waals surface area (Å²) in [6, 6.07) is 44.6. The smallest absolute Gasteiger partial charge is 0.254 e. The summed E-state index contributed by atoms with van der Waals surface area (Å²) >= 11 is 0. The van der Waals surface area contributed by atoms with E-state index >= 15 is 0 Å². The molecule has 0 bridgehead atoms. The quantitative estimate of drug-likeness (QED) is 0.0389. The SMILES string of the molecule is Cc1ccccc1C(=O)NCc1ccc(-c2nn([C@@H]3CCO[C@@H]3C)c(N)c2C(N)=O)cc1.Cc1ccccc1C(=O)NCc1ccc(-c2nn([C@@H]3CCO[C@H]3C)c(N)c2C(N)=O)cc1.Cc1ccccc1C(=O)NCc1ccc(-c2nn([C@H]3CCO[C@@H]3C)c(N)c2C(N)=O)cc1. The Hall–Kier alpha value is -11.0. The minimum Gasteiger partial charge on any atom is -0.383 e. The van der Waals surface area contributed by atoms with E-state index in [-0.39, 0.29) is 88.3 Å². The molecule has 24 heteroatoms. The Morgan fingerprint density at radius 2 is 0.635 bits per heavy atom. The van der Waals surface area contributed by atoms with Crippen LogP contribution in [0.1, 0.15) is 154 Å². The van der Waals surface area contributed by atoms with Crippen LogP contribution >= 0.6 is 0 Å². The Kier molecular flexibility index (Phi) is 21.2. The van der Waals surface area contributed by atoms with Gasteiger partial charge in [-0.2, -0.15) is 15.3 Å². The normalized spacial score (nSPS) is 17.9. The van der Waals surface area contributed by atoms with E-state index in [1.807, 2.05) is 169 Å². The van der Waals surface area contributed by atoms with Crippen molar-refractivity contribution in [3.8, 4) is 33.8 Å². The molecule has 3 fully saturated rings. The molecular weight excluding hydrogens is 1220 g/mol. The third kappa shape index (κ3) is 15.0. The van der Waals surface area contributed by atoms with Crippen LogP contribution in [0, 0.1) is 20.8 Å². The van der Waals surface area contributed by atoms with Gasteiger partial charge in [0.1, 0.15) is 51.2 Å². The number of carbonyl (C=O) groups is 6. The number of primary amides is 3. The number of nitrogen functional groups attached to an aromatic ring is 3. The van der Waals surface area contributed by atoms with Gasteiger partial charge >= 0.3 is 0 Å². The van der Waals surface area contributed by atoms with E-state index in [2.05, 4.69) is 31.2 Å². The number of amides is 6. The van der Waals surface area contributed by atoms with Crippen LogP contribution < -0.4 is 50.4 Å². The monoisotopic (exact) mass is 1300 g/mol. The van der Waals surface area contributed by atoms with Crippen LogP contribution in [0.15, 0.2) is 146 Å². The molecule has 3 saturated heterocycles. The molecule has 3 aliphatic heterocycles.